The molecule has 1 unspecified atom stereocenters. The summed E-state index contributed by atoms with van der Waals surface area (Å²) in [6.45, 7) is 0. The summed E-state index contributed by atoms with van der Waals surface area (Å²) in [5, 5.41) is 0. The number of aromatic amines is 1. The van der Waals surface area contributed by atoms with Gasteiger partial charge in [-0.2, -0.15) is 4.99 Å². The molecule has 0 saturated heterocycles. The zero-order valence-electron chi connectivity index (χ0n) is 7.56. The summed E-state index contributed by atoms with van der Waals surface area (Å²) in [6.07, 6.45) is 4.62. The van der Waals surface area contributed by atoms with Crippen LogP contribution in [0.4, 0.5) is 0 Å². The number of carbonyl (C=O) groups excluding carboxylic acids is 2. The number of esters is 1. The van der Waals surface area contributed by atoms with Crippen LogP contribution >= 0.6 is 0 Å². The van der Waals surface area contributed by atoms with Crippen LogP contribution in [-0.4, -0.2) is 35.2 Å². The van der Waals surface area contributed by atoms with Gasteiger partial charge in [-0.25, -0.2) is 14.6 Å². The molecule has 0 radical (unpaired) electrons. The van der Waals surface area contributed by atoms with E-state index in [1.165, 1.54) is 19.5 Å². The van der Waals surface area contributed by atoms with Crippen LogP contribution in [0.15, 0.2) is 17.5 Å². The van der Waals surface area contributed by atoms with Crippen molar-refractivity contribution in [2.45, 2.75) is 12.5 Å². The van der Waals surface area contributed by atoms with E-state index in [0.29, 0.717) is 5.69 Å². The molecule has 0 saturated carbocycles. The summed E-state index contributed by atoms with van der Waals surface area (Å²) in [6, 6.07) is -0.849. The van der Waals surface area contributed by atoms with Crippen molar-refractivity contribution in [1.29, 1.82) is 0 Å². The highest BCUT2D eigenvalue weighted by molar-refractivity contribution is 5.77. The number of ether oxygens (including phenoxy) is 1. The number of H-pyrrole nitrogens is 1. The zero-order chi connectivity index (χ0) is 10.4. The highest BCUT2D eigenvalue weighted by Crippen LogP contribution is 2.03. The largest absolute Gasteiger partial charge is 0.467 e. The molecular formula is C8H9N3O3. The van der Waals surface area contributed by atoms with E-state index in [-0.39, 0.29) is 6.42 Å². The van der Waals surface area contributed by atoms with E-state index in [1.807, 2.05) is 0 Å². The van der Waals surface area contributed by atoms with Gasteiger partial charge >= 0.3 is 5.97 Å². The van der Waals surface area contributed by atoms with E-state index >= 15 is 0 Å². The second-order valence-corrected chi connectivity index (χ2v) is 2.54. The molecule has 6 nitrogen and oxygen atoms in total. The molecule has 1 N–H and O–H groups in total. The Balaban J connectivity index is 2.69. The van der Waals surface area contributed by atoms with Gasteiger partial charge in [0.2, 0.25) is 6.08 Å². The summed E-state index contributed by atoms with van der Waals surface area (Å²) in [5.41, 5.74) is 0.708. The fraction of sp³-hybridized carbons (Fsp3) is 0.375. The predicted molar refractivity (Wildman–Crippen MR) is 46.2 cm³/mol. The molecule has 14 heavy (non-hydrogen) atoms. The summed E-state index contributed by atoms with van der Waals surface area (Å²) in [4.78, 5) is 31.0. The van der Waals surface area contributed by atoms with Crippen molar-refractivity contribution in [3.05, 3.63) is 18.2 Å². The molecule has 1 rings (SSSR count). The Morgan fingerprint density at radius 3 is 3.14 bits per heavy atom. The molecule has 1 aromatic rings. The van der Waals surface area contributed by atoms with Crippen LogP contribution < -0.4 is 0 Å². The Hall–Kier alpha value is -1.94. The predicted octanol–water partition coefficient (Wildman–Crippen LogP) is -0.170. The average molecular weight is 195 g/mol. The van der Waals surface area contributed by atoms with E-state index in [1.54, 1.807) is 6.20 Å². The molecule has 0 fully saturated rings. The van der Waals surface area contributed by atoms with Gasteiger partial charge in [-0.05, 0) is 0 Å². The van der Waals surface area contributed by atoms with Gasteiger partial charge in [-0.15, -0.1) is 0 Å². The third kappa shape index (κ3) is 2.53. The fourth-order valence-electron chi connectivity index (χ4n) is 0.986. The minimum Gasteiger partial charge on any atom is -0.467 e. The van der Waals surface area contributed by atoms with E-state index in [9.17, 15) is 9.59 Å². The van der Waals surface area contributed by atoms with Crippen LogP contribution in [0.1, 0.15) is 5.69 Å². The van der Waals surface area contributed by atoms with Crippen molar-refractivity contribution in [2.75, 3.05) is 7.11 Å². The van der Waals surface area contributed by atoms with Gasteiger partial charge in [0.25, 0.3) is 0 Å². The maximum absolute atomic E-state index is 11.1. The molecule has 6 heteroatoms. The summed E-state index contributed by atoms with van der Waals surface area (Å²) in [5.74, 6) is -0.567. The minimum atomic E-state index is -0.849. The highest BCUT2D eigenvalue weighted by Gasteiger charge is 2.19. The van der Waals surface area contributed by atoms with Crippen LogP contribution in [0, 0.1) is 0 Å². The van der Waals surface area contributed by atoms with Crippen LogP contribution in [0.25, 0.3) is 0 Å². The first-order valence-electron chi connectivity index (χ1n) is 3.90. The molecule has 0 bridgehead atoms. The number of aromatic nitrogens is 2. The summed E-state index contributed by atoms with van der Waals surface area (Å²) in [7, 11) is 1.24. The maximum atomic E-state index is 11.1. The lowest BCUT2D eigenvalue weighted by Crippen LogP contribution is -2.22. The number of nitrogens with one attached hydrogen (secondary N) is 1. The molecule has 1 atom stereocenters. The number of isocyanates is 1. The van der Waals surface area contributed by atoms with E-state index in [4.69, 9.17) is 0 Å². The van der Waals surface area contributed by atoms with Crippen molar-refractivity contribution in [2.24, 2.45) is 4.99 Å². The second kappa shape index (κ2) is 4.94. The minimum absolute atomic E-state index is 0.252. The molecule has 0 aliphatic rings. The first kappa shape index (κ1) is 10.1. The van der Waals surface area contributed by atoms with E-state index < -0.39 is 12.0 Å². The Kier molecular flexibility index (Phi) is 3.58. The molecule has 0 amide bonds. The Morgan fingerprint density at radius 1 is 1.86 bits per heavy atom. The lowest BCUT2D eigenvalue weighted by atomic mass is 10.2. The molecule has 74 valence electrons. The van der Waals surface area contributed by atoms with Crippen molar-refractivity contribution < 1.29 is 14.3 Å². The number of rotatable bonds is 4. The first-order valence-corrected chi connectivity index (χ1v) is 3.90. The van der Waals surface area contributed by atoms with Gasteiger partial charge in [0.1, 0.15) is 0 Å². The molecule has 1 heterocycles. The standard InChI is InChI=1S/C8H9N3O3/c1-14-8(13)7(11-5-12)2-6-3-9-4-10-6/h3-4,7H,2H2,1H3,(H,9,10). The molecule has 0 spiro atoms. The normalized spacial score (nSPS) is 11.5. The van der Waals surface area contributed by atoms with Crippen LogP contribution in [0.2, 0.25) is 0 Å². The third-order valence-electron chi connectivity index (χ3n) is 1.65. The van der Waals surface area contributed by atoms with Gasteiger partial charge < -0.3 is 9.72 Å². The number of aliphatic imine (C=N–C) groups is 1. The van der Waals surface area contributed by atoms with Crippen molar-refractivity contribution in [3.63, 3.8) is 0 Å². The summed E-state index contributed by atoms with van der Waals surface area (Å²) >= 11 is 0. The van der Waals surface area contributed by atoms with Crippen molar-refractivity contribution in [3.8, 4) is 0 Å². The number of imidazole rings is 1. The zero-order valence-corrected chi connectivity index (χ0v) is 7.56. The number of methoxy groups -OCH3 is 1. The van der Waals surface area contributed by atoms with Crippen molar-refractivity contribution in [1.82, 2.24) is 9.97 Å². The SMILES string of the molecule is COC(=O)C(Cc1cnc[nH]1)N=C=O. The van der Waals surface area contributed by atoms with E-state index in [0.717, 1.165) is 0 Å². The fourth-order valence-corrected chi connectivity index (χ4v) is 0.986. The molecule has 1 aromatic heterocycles. The highest BCUT2D eigenvalue weighted by atomic mass is 16.5. The van der Waals surface area contributed by atoms with Gasteiger partial charge in [0.05, 0.1) is 13.4 Å². The smallest absolute Gasteiger partial charge is 0.331 e. The van der Waals surface area contributed by atoms with E-state index in [2.05, 4.69) is 19.7 Å². The van der Waals surface area contributed by atoms with Gasteiger partial charge in [0.15, 0.2) is 6.04 Å². The Morgan fingerprint density at radius 2 is 2.64 bits per heavy atom. The van der Waals surface area contributed by atoms with Crippen LogP contribution in [0.3, 0.4) is 0 Å². The van der Waals surface area contributed by atoms with Gasteiger partial charge in [-0.1, -0.05) is 0 Å². The quantitative estimate of drug-likeness (QED) is 0.410. The first-order chi connectivity index (χ1) is 6.77. The molecular weight excluding hydrogens is 186 g/mol. The maximum Gasteiger partial charge on any atom is 0.331 e. The Bertz CT molecular complexity index is 341. The topological polar surface area (TPSA) is 84.4 Å². The molecule has 0 aromatic carbocycles. The monoisotopic (exact) mass is 195 g/mol. The number of hydrogen-bond acceptors (Lipinski definition) is 5. The third-order valence-corrected chi connectivity index (χ3v) is 1.65. The lowest BCUT2D eigenvalue weighted by molar-refractivity contribution is -0.142. The average Bonchev–Trinajstić information content (AvgIpc) is 2.68. The van der Waals surface area contributed by atoms with Crippen LogP contribution in [0.5, 0.6) is 0 Å². The lowest BCUT2D eigenvalue weighted by Gasteiger charge is -2.05. The summed E-state index contributed by atoms with van der Waals surface area (Å²) < 4.78 is 4.47. The second-order valence-electron chi connectivity index (χ2n) is 2.54. The number of hydrogen-bond donors (Lipinski definition) is 1. The molecule has 0 aliphatic heterocycles. The number of nitrogens with zero attached hydrogens (tertiary/aromatic N) is 2. The molecule has 0 aliphatic carbocycles. The van der Waals surface area contributed by atoms with Gasteiger partial charge in [-0.3, -0.25) is 0 Å². The van der Waals surface area contributed by atoms with Gasteiger partial charge in [0, 0.05) is 18.3 Å². The Labute approximate surface area is 80.0 Å². The number of carbonyl (C=O) groups is 1. The van der Waals surface area contributed by atoms with Crippen molar-refractivity contribution >= 4 is 12.0 Å². The van der Waals surface area contributed by atoms with Crippen LogP contribution in [-0.2, 0) is 20.7 Å².